The van der Waals surface area contributed by atoms with E-state index in [2.05, 4.69) is 16.7 Å². The Morgan fingerprint density at radius 3 is 2.72 bits per heavy atom. The van der Waals surface area contributed by atoms with Gasteiger partial charge in [0.25, 0.3) is 0 Å². The molecule has 1 saturated heterocycles. The molecule has 0 spiro atoms. The van der Waals surface area contributed by atoms with Crippen LogP contribution in [0, 0.1) is 11.8 Å². The number of amides is 3. The maximum Gasteiger partial charge on any atom is 0.408 e. The number of carbonyl (C=O) groups excluding carboxylic acids is 4. The van der Waals surface area contributed by atoms with Gasteiger partial charge in [0.15, 0.2) is 0 Å². The van der Waals surface area contributed by atoms with Crippen molar-refractivity contribution in [2.24, 2.45) is 11.8 Å². The number of rotatable bonds is 2. The Morgan fingerprint density at radius 2 is 2.03 bits per heavy atom. The number of nitrogens with zero attached hydrogens (tertiary/aromatic N) is 1. The molecule has 0 aromatic rings. The molecule has 1 aliphatic carbocycles. The largest absolute Gasteiger partial charge is 0.444 e. The van der Waals surface area contributed by atoms with E-state index in [9.17, 15) is 19.2 Å². The summed E-state index contributed by atoms with van der Waals surface area (Å²) < 4.78 is 5.37. The molecule has 178 valence electrons. The molecule has 1 saturated carbocycles. The minimum absolute atomic E-state index is 0.0126. The molecule has 0 radical (unpaired) electrons. The van der Waals surface area contributed by atoms with Crippen molar-refractivity contribution in [2.45, 2.75) is 95.9 Å². The van der Waals surface area contributed by atoms with Crippen LogP contribution in [0.15, 0.2) is 12.2 Å². The molecule has 2 fully saturated rings. The fourth-order valence-electron chi connectivity index (χ4n) is 4.66. The van der Waals surface area contributed by atoms with E-state index in [1.54, 1.807) is 25.7 Å². The highest BCUT2D eigenvalue weighted by Gasteiger charge is 2.55. The highest BCUT2D eigenvalue weighted by molar-refractivity contribution is 5.94. The van der Waals surface area contributed by atoms with Gasteiger partial charge in [-0.25, -0.2) is 4.79 Å². The van der Waals surface area contributed by atoms with Gasteiger partial charge in [0.05, 0.1) is 0 Å². The monoisotopic (exact) mass is 447 g/mol. The predicted octanol–water partition coefficient (Wildman–Crippen LogP) is 2.71. The van der Waals surface area contributed by atoms with Gasteiger partial charge in [0, 0.05) is 12.5 Å². The predicted molar refractivity (Wildman–Crippen MR) is 120 cm³/mol. The molecule has 8 heteroatoms. The molecule has 3 amide bonds. The van der Waals surface area contributed by atoms with E-state index in [4.69, 9.17) is 4.74 Å². The summed E-state index contributed by atoms with van der Waals surface area (Å²) in [6.45, 7) is 7.76. The topological polar surface area (TPSA) is 105 Å². The molecular formula is C24H37N3O5. The van der Waals surface area contributed by atoms with Crippen LogP contribution in [0.2, 0.25) is 0 Å². The maximum absolute atomic E-state index is 13.5. The lowest BCUT2D eigenvalue weighted by Crippen LogP contribution is -2.55. The summed E-state index contributed by atoms with van der Waals surface area (Å²) in [7, 11) is 0. The summed E-state index contributed by atoms with van der Waals surface area (Å²) in [5.41, 5.74) is -1.53. The van der Waals surface area contributed by atoms with Crippen LogP contribution >= 0.6 is 0 Å². The lowest BCUT2D eigenvalue weighted by molar-refractivity contribution is -0.140. The molecule has 5 atom stereocenters. The number of aldehydes is 1. The first-order chi connectivity index (χ1) is 15.0. The number of fused-ring (bicyclic) bond motifs is 2. The Labute approximate surface area is 190 Å². The van der Waals surface area contributed by atoms with E-state index >= 15 is 0 Å². The van der Waals surface area contributed by atoms with Crippen molar-refractivity contribution >= 4 is 24.2 Å². The molecule has 0 aromatic carbocycles. The van der Waals surface area contributed by atoms with Crippen molar-refractivity contribution in [3.63, 3.8) is 0 Å². The zero-order chi connectivity index (χ0) is 23.5. The van der Waals surface area contributed by atoms with Gasteiger partial charge in [0.1, 0.15) is 29.5 Å². The van der Waals surface area contributed by atoms with Crippen molar-refractivity contribution in [1.29, 1.82) is 0 Å². The molecule has 0 unspecified atom stereocenters. The van der Waals surface area contributed by atoms with E-state index in [0.717, 1.165) is 32.0 Å². The van der Waals surface area contributed by atoms with Gasteiger partial charge in [0.2, 0.25) is 11.8 Å². The Balaban J connectivity index is 1.81. The molecule has 8 nitrogen and oxygen atoms in total. The van der Waals surface area contributed by atoms with E-state index < -0.39 is 29.3 Å². The zero-order valence-electron chi connectivity index (χ0n) is 19.7. The van der Waals surface area contributed by atoms with Crippen LogP contribution in [0.3, 0.4) is 0 Å². The van der Waals surface area contributed by atoms with E-state index in [-0.39, 0.29) is 23.7 Å². The quantitative estimate of drug-likeness (QED) is 0.500. The average molecular weight is 448 g/mol. The molecule has 3 aliphatic rings. The zero-order valence-corrected chi connectivity index (χ0v) is 19.7. The van der Waals surface area contributed by atoms with Crippen LogP contribution in [0.4, 0.5) is 4.79 Å². The minimum atomic E-state index is -0.859. The maximum atomic E-state index is 13.5. The Kier molecular flexibility index (Phi) is 7.30. The van der Waals surface area contributed by atoms with Crippen molar-refractivity contribution in [3.05, 3.63) is 12.2 Å². The second-order valence-corrected chi connectivity index (χ2v) is 10.6. The number of hydrogen-bond donors (Lipinski definition) is 2. The number of carbonyl (C=O) groups is 4. The summed E-state index contributed by atoms with van der Waals surface area (Å²) in [4.78, 5) is 52.4. The molecule has 2 aliphatic heterocycles. The molecule has 32 heavy (non-hydrogen) atoms. The summed E-state index contributed by atoms with van der Waals surface area (Å²) in [6, 6.07) is -1.40. The third-order valence-electron chi connectivity index (χ3n) is 6.44. The number of nitrogens with one attached hydrogen (secondary N) is 2. The van der Waals surface area contributed by atoms with Gasteiger partial charge in [-0.05, 0) is 58.8 Å². The van der Waals surface area contributed by atoms with E-state index in [1.165, 1.54) is 0 Å². The average Bonchev–Trinajstić information content (AvgIpc) is 3.23. The van der Waals surface area contributed by atoms with Crippen molar-refractivity contribution < 1.29 is 23.9 Å². The van der Waals surface area contributed by atoms with Gasteiger partial charge in [-0.3, -0.25) is 9.59 Å². The first-order valence-corrected chi connectivity index (χ1v) is 11.8. The molecule has 3 rings (SSSR count). The van der Waals surface area contributed by atoms with Gasteiger partial charge in [-0.15, -0.1) is 0 Å². The molecular weight excluding hydrogens is 410 g/mol. The summed E-state index contributed by atoms with van der Waals surface area (Å²) in [5, 5.41) is 5.66. The highest BCUT2D eigenvalue weighted by Crippen LogP contribution is 2.43. The van der Waals surface area contributed by atoms with E-state index in [1.807, 2.05) is 13.0 Å². The molecule has 2 N–H and O–H groups in total. The number of alkyl carbamates (subject to hydrolysis) is 1. The minimum Gasteiger partial charge on any atom is -0.444 e. The standard InChI is InChI=1S/C24H37N3O5/c1-16-12-19-20(29)26-24(15-28)13-17(24)10-8-6-5-7-9-11-18(21(30)27(19)14-16)25-22(31)32-23(2,3)4/h8,10,15-19H,5-7,9,11-14H2,1-4H3,(H,25,31)(H,26,29)/b10-8-/t16-,17-,18+,19+,24+/m1/s1. The fourth-order valence-corrected chi connectivity index (χ4v) is 4.66. The van der Waals surface area contributed by atoms with Crippen LogP contribution < -0.4 is 10.6 Å². The second kappa shape index (κ2) is 9.63. The van der Waals surface area contributed by atoms with Crippen molar-refractivity contribution in [3.8, 4) is 0 Å². The molecule has 0 bridgehead atoms. The SMILES string of the molecule is C[C@@H]1C[C@H]2C(=O)N[C@]3(C=O)C[C@H]3/C=C\CCCCC[C@H](NC(=O)OC(C)(C)C)C(=O)N2C1. The van der Waals surface area contributed by atoms with Gasteiger partial charge >= 0.3 is 6.09 Å². The van der Waals surface area contributed by atoms with Gasteiger partial charge in [-0.2, -0.15) is 0 Å². The summed E-state index contributed by atoms with van der Waals surface area (Å²) >= 11 is 0. The fraction of sp³-hybridized carbons (Fsp3) is 0.750. The van der Waals surface area contributed by atoms with Crippen LogP contribution in [0.5, 0.6) is 0 Å². The first kappa shape index (κ1) is 24.3. The van der Waals surface area contributed by atoms with Crippen LogP contribution in [0.25, 0.3) is 0 Å². The number of allylic oxidation sites excluding steroid dienone is 1. The number of ether oxygens (including phenoxy) is 1. The van der Waals surface area contributed by atoms with Crippen LogP contribution in [-0.4, -0.2) is 58.9 Å². The second-order valence-electron chi connectivity index (χ2n) is 10.6. The summed E-state index contributed by atoms with van der Waals surface area (Å²) in [5.74, 6) is -0.395. The van der Waals surface area contributed by atoms with Crippen LogP contribution in [-0.2, 0) is 19.1 Å². The Bertz CT molecular complexity index is 774. The third-order valence-corrected chi connectivity index (χ3v) is 6.44. The van der Waals surface area contributed by atoms with Gasteiger partial charge in [-0.1, -0.05) is 31.9 Å². The first-order valence-electron chi connectivity index (χ1n) is 11.8. The van der Waals surface area contributed by atoms with Crippen LogP contribution in [0.1, 0.15) is 72.6 Å². The van der Waals surface area contributed by atoms with Crippen molar-refractivity contribution in [1.82, 2.24) is 15.5 Å². The lowest BCUT2D eigenvalue weighted by Gasteiger charge is -2.30. The molecule has 0 aromatic heterocycles. The third kappa shape index (κ3) is 5.90. The normalized spacial score (nSPS) is 34.8. The lowest BCUT2D eigenvalue weighted by atomic mass is 10.0. The smallest absolute Gasteiger partial charge is 0.408 e. The highest BCUT2D eigenvalue weighted by atomic mass is 16.6. The van der Waals surface area contributed by atoms with Crippen molar-refractivity contribution in [2.75, 3.05) is 6.54 Å². The summed E-state index contributed by atoms with van der Waals surface area (Å²) in [6.07, 6.45) is 9.46. The Hall–Kier alpha value is -2.38. The Morgan fingerprint density at radius 1 is 1.28 bits per heavy atom. The van der Waals surface area contributed by atoms with Gasteiger partial charge < -0.3 is 25.1 Å². The molecule has 2 heterocycles. The van der Waals surface area contributed by atoms with E-state index in [0.29, 0.717) is 25.8 Å². The number of hydrogen-bond acceptors (Lipinski definition) is 5.